The largest absolute Gasteiger partial charge is 0.394 e. The number of halogens is 1. The molecule has 18 heavy (non-hydrogen) atoms. The van der Waals surface area contributed by atoms with Crippen molar-refractivity contribution in [2.24, 2.45) is 5.92 Å². The molecule has 2 N–H and O–H groups in total. The number of hydrogen-bond donors (Lipinski definition) is 2. The number of hydrogen-bond acceptors (Lipinski definition) is 3. The second-order valence-corrected chi connectivity index (χ2v) is 6.48. The molecule has 2 rings (SSSR count). The lowest BCUT2D eigenvalue weighted by atomic mass is 9.77. The van der Waals surface area contributed by atoms with E-state index >= 15 is 0 Å². The summed E-state index contributed by atoms with van der Waals surface area (Å²) in [5, 5.41) is 13.2. The quantitative estimate of drug-likeness (QED) is 0.897. The molecule has 1 aliphatic carbocycles. The highest BCUT2D eigenvalue weighted by atomic mass is 79.9. The van der Waals surface area contributed by atoms with E-state index in [0.29, 0.717) is 0 Å². The minimum Gasteiger partial charge on any atom is -0.394 e. The third kappa shape index (κ3) is 3.04. The van der Waals surface area contributed by atoms with Crippen LogP contribution in [0.5, 0.6) is 0 Å². The van der Waals surface area contributed by atoms with Crippen molar-refractivity contribution in [1.82, 2.24) is 4.98 Å². The van der Waals surface area contributed by atoms with Crippen LogP contribution in [0.2, 0.25) is 0 Å². The Bertz CT molecular complexity index is 414. The van der Waals surface area contributed by atoms with Crippen LogP contribution in [0.4, 0.5) is 5.82 Å². The van der Waals surface area contributed by atoms with Gasteiger partial charge < -0.3 is 10.4 Å². The van der Waals surface area contributed by atoms with Gasteiger partial charge in [-0.15, -0.1) is 0 Å². The SMILES string of the molecule is Cc1cc(Br)cnc1NC1(CO)CCC(C)CC1. The van der Waals surface area contributed by atoms with Crippen molar-refractivity contribution in [3.05, 3.63) is 22.3 Å². The molecule has 0 aromatic carbocycles. The van der Waals surface area contributed by atoms with Crippen LogP contribution < -0.4 is 5.32 Å². The van der Waals surface area contributed by atoms with Crippen LogP contribution in [0.25, 0.3) is 0 Å². The Labute approximate surface area is 117 Å². The van der Waals surface area contributed by atoms with Crippen molar-refractivity contribution < 1.29 is 5.11 Å². The maximum absolute atomic E-state index is 9.74. The topological polar surface area (TPSA) is 45.2 Å². The van der Waals surface area contributed by atoms with Gasteiger partial charge in [-0.2, -0.15) is 0 Å². The molecule has 3 nitrogen and oxygen atoms in total. The van der Waals surface area contributed by atoms with Crippen LogP contribution in [0.15, 0.2) is 16.7 Å². The highest BCUT2D eigenvalue weighted by Crippen LogP contribution is 2.34. The maximum atomic E-state index is 9.74. The smallest absolute Gasteiger partial charge is 0.129 e. The standard InChI is InChI=1S/C14H21BrN2O/c1-10-3-5-14(9-18,6-4-10)17-13-11(2)7-12(15)8-16-13/h7-8,10,18H,3-6,9H2,1-2H3,(H,16,17). The average molecular weight is 313 g/mol. The first kappa shape index (κ1) is 13.8. The highest BCUT2D eigenvalue weighted by Gasteiger charge is 2.34. The Hall–Kier alpha value is -0.610. The first-order valence-corrected chi connectivity index (χ1v) is 7.35. The van der Waals surface area contributed by atoms with E-state index in [1.54, 1.807) is 6.20 Å². The predicted molar refractivity (Wildman–Crippen MR) is 77.7 cm³/mol. The van der Waals surface area contributed by atoms with Gasteiger partial charge in [0.2, 0.25) is 0 Å². The Morgan fingerprint density at radius 1 is 1.50 bits per heavy atom. The van der Waals surface area contributed by atoms with E-state index in [1.807, 2.05) is 13.0 Å². The first-order chi connectivity index (χ1) is 8.54. The van der Waals surface area contributed by atoms with Gasteiger partial charge >= 0.3 is 0 Å². The predicted octanol–water partition coefficient (Wildman–Crippen LogP) is 3.51. The molecule has 0 atom stereocenters. The molecule has 4 heteroatoms. The summed E-state index contributed by atoms with van der Waals surface area (Å²) in [4.78, 5) is 4.41. The van der Waals surface area contributed by atoms with Crippen LogP contribution in [0.3, 0.4) is 0 Å². The van der Waals surface area contributed by atoms with Crippen molar-refractivity contribution >= 4 is 21.7 Å². The molecule has 0 spiro atoms. The van der Waals surface area contributed by atoms with E-state index in [4.69, 9.17) is 0 Å². The lowest BCUT2D eigenvalue weighted by Crippen LogP contribution is -2.45. The molecule has 0 amide bonds. The minimum atomic E-state index is -0.182. The molecule has 1 fully saturated rings. The molecule has 0 saturated heterocycles. The van der Waals surface area contributed by atoms with E-state index in [9.17, 15) is 5.11 Å². The number of anilines is 1. The number of pyridine rings is 1. The van der Waals surface area contributed by atoms with Gasteiger partial charge in [0.15, 0.2) is 0 Å². The summed E-state index contributed by atoms with van der Waals surface area (Å²) in [6, 6.07) is 2.05. The van der Waals surface area contributed by atoms with E-state index in [0.717, 1.165) is 34.6 Å². The molecule has 0 radical (unpaired) electrons. The van der Waals surface area contributed by atoms with E-state index in [-0.39, 0.29) is 12.1 Å². The van der Waals surface area contributed by atoms with Crippen molar-refractivity contribution in [3.8, 4) is 0 Å². The van der Waals surface area contributed by atoms with E-state index in [2.05, 4.69) is 33.2 Å². The van der Waals surface area contributed by atoms with Crippen LogP contribution in [0.1, 0.15) is 38.2 Å². The van der Waals surface area contributed by atoms with Gasteiger partial charge in [-0.25, -0.2) is 4.98 Å². The highest BCUT2D eigenvalue weighted by molar-refractivity contribution is 9.10. The molecule has 1 aromatic heterocycles. The number of aliphatic hydroxyl groups is 1. The van der Waals surface area contributed by atoms with Crippen molar-refractivity contribution in [1.29, 1.82) is 0 Å². The zero-order chi connectivity index (χ0) is 13.2. The summed E-state index contributed by atoms with van der Waals surface area (Å²) in [6.45, 7) is 4.50. The molecule has 0 bridgehead atoms. The van der Waals surface area contributed by atoms with E-state index < -0.39 is 0 Å². The van der Waals surface area contributed by atoms with Crippen molar-refractivity contribution in [2.45, 2.75) is 45.1 Å². The summed E-state index contributed by atoms with van der Waals surface area (Å²) < 4.78 is 0.987. The first-order valence-electron chi connectivity index (χ1n) is 6.56. The van der Waals surface area contributed by atoms with Crippen LogP contribution >= 0.6 is 15.9 Å². The molecule has 0 aliphatic heterocycles. The molecule has 1 aromatic rings. The molecule has 1 saturated carbocycles. The Morgan fingerprint density at radius 3 is 2.72 bits per heavy atom. The van der Waals surface area contributed by atoms with Gasteiger partial charge in [-0.3, -0.25) is 0 Å². The fraction of sp³-hybridized carbons (Fsp3) is 0.643. The number of nitrogens with one attached hydrogen (secondary N) is 1. The van der Waals surface area contributed by atoms with Gasteiger partial charge in [0, 0.05) is 10.7 Å². The van der Waals surface area contributed by atoms with Crippen LogP contribution in [0, 0.1) is 12.8 Å². The number of aromatic nitrogens is 1. The third-order valence-electron chi connectivity index (χ3n) is 3.96. The zero-order valence-corrected chi connectivity index (χ0v) is 12.6. The van der Waals surface area contributed by atoms with Crippen molar-refractivity contribution in [2.75, 3.05) is 11.9 Å². The Morgan fingerprint density at radius 2 is 2.17 bits per heavy atom. The normalized spacial score (nSPS) is 28.1. The van der Waals surface area contributed by atoms with Gasteiger partial charge in [-0.05, 0) is 66.1 Å². The lowest BCUT2D eigenvalue weighted by molar-refractivity contribution is 0.155. The van der Waals surface area contributed by atoms with Gasteiger partial charge in [-0.1, -0.05) is 6.92 Å². The number of aryl methyl sites for hydroxylation is 1. The Balaban J connectivity index is 2.15. The number of rotatable bonds is 3. The Kier molecular flexibility index (Phi) is 4.28. The molecular weight excluding hydrogens is 292 g/mol. The molecule has 1 heterocycles. The average Bonchev–Trinajstić information content (AvgIpc) is 2.36. The number of nitrogens with zero attached hydrogens (tertiary/aromatic N) is 1. The van der Waals surface area contributed by atoms with Crippen LogP contribution in [-0.2, 0) is 0 Å². The third-order valence-corrected chi connectivity index (χ3v) is 4.40. The number of aliphatic hydroxyl groups excluding tert-OH is 1. The summed E-state index contributed by atoms with van der Waals surface area (Å²) in [6.07, 6.45) is 6.17. The fourth-order valence-corrected chi connectivity index (χ4v) is 3.01. The maximum Gasteiger partial charge on any atom is 0.129 e. The summed E-state index contributed by atoms with van der Waals surface area (Å²) >= 11 is 3.42. The summed E-state index contributed by atoms with van der Waals surface area (Å²) in [5.74, 6) is 1.66. The van der Waals surface area contributed by atoms with Gasteiger partial charge in [0.05, 0.1) is 12.1 Å². The van der Waals surface area contributed by atoms with Gasteiger partial charge in [0.1, 0.15) is 5.82 Å². The monoisotopic (exact) mass is 312 g/mol. The molecule has 0 unspecified atom stereocenters. The lowest BCUT2D eigenvalue weighted by Gasteiger charge is -2.39. The summed E-state index contributed by atoms with van der Waals surface area (Å²) in [5.41, 5.74) is 0.925. The van der Waals surface area contributed by atoms with E-state index in [1.165, 1.54) is 12.8 Å². The second-order valence-electron chi connectivity index (χ2n) is 5.57. The van der Waals surface area contributed by atoms with Crippen molar-refractivity contribution in [3.63, 3.8) is 0 Å². The minimum absolute atomic E-state index is 0.177. The van der Waals surface area contributed by atoms with Gasteiger partial charge in [0.25, 0.3) is 0 Å². The molecule has 100 valence electrons. The van der Waals surface area contributed by atoms with Crippen LogP contribution in [-0.4, -0.2) is 22.2 Å². The molecule has 1 aliphatic rings. The zero-order valence-electron chi connectivity index (χ0n) is 11.0. The second kappa shape index (κ2) is 5.57. The fourth-order valence-electron chi connectivity index (χ4n) is 2.56. The molecular formula is C14H21BrN2O. The summed E-state index contributed by atoms with van der Waals surface area (Å²) in [7, 11) is 0.